The molecule has 0 aliphatic carbocycles. The van der Waals surface area contributed by atoms with Gasteiger partial charge in [0, 0.05) is 9.37 Å². The van der Waals surface area contributed by atoms with E-state index in [4.69, 9.17) is 0 Å². The Morgan fingerprint density at radius 3 is 2.18 bits per heavy atom. The topological polar surface area (TPSA) is 0 Å². The van der Waals surface area contributed by atoms with Crippen LogP contribution in [0.3, 0.4) is 0 Å². The van der Waals surface area contributed by atoms with Crippen molar-refractivity contribution in [2.24, 2.45) is 0 Å². The molecule has 0 atom stereocenters. The lowest BCUT2D eigenvalue weighted by atomic mass is 10.1. The Morgan fingerprint density at radius 2 is 1.59 bits per heavy atom. The summed E-state index contributed by atoms with van der Waals surface area (Å²) in [6, 6.07) is 10.0. The lowest BCUT2D eigenvalue weighted by Crippen LogP contribution is -1.87. The Hall–Kier alpha value is -0.870. The molecule has 0 spiro atoms. The van der Waals surface area contributed by atoms with Crippen molar-refractivity contribution >= 4 is 27.7 Å². The second kappa shape index (κ2) is 5.19. The SMILES string of the molecule is CSc1ccc(-c2cc(F)c(F)cc2Br)cc1. The molecular weight excluding hydrogens is 306 g/mol. The zero-order valence-corrected chi connectivity index (χ0v) is 11.4. The third-order valence-electron chi connectivity index (χ3n) is 2.41. The molecule has 0 aliphatic heterocycles. The molecule has 0 saturated heterocycles. The molecule has 4 heteroatoms. The lowest BCUT2D eigenvalue weighted by molar-refractivity contribution is 0.508. The highest BCUT2D eigenvalue weighted by molar-refractivity contribution is 9.10. The molecule has 2 aromatic rings. The van der Waals surface area contributed by atoms with Crippen LogP contribution in [0.2, 0.25) is 0 Å². The first-order chi connectivity index (χ1) is 8.11. The zero-order valence-electron chi connectivity index (χ0n) is 9.01. The smallest absolute Gasteiger partial charge is 0.159 e. The average Bonchev–Trinajstić information content (AvgIpc) is 2.34. The van der Waals surface area contributed by atoms with Crippen molar-refractivity contribution in [1.29, 1.82) is 0 Å². The molecule has 0 aliphatic rings. The standard InChI is InChI=1S/C13H9BrF2S/c1-17-9-4-2-8(3-5-9)10-6-12(15)13(16)7-11(10)14/h2-7H,1H3. The van der Waals surface area contributed by atoms with Gasteiger partial charge in [-0.15, -0.1) is 11.8 Å². The summed E-state index contributed by atoms with van der Waals surface area (Å²) in [7, 11) is 0. The molecule has 17 heavy (non-hydrogen) atoms. The number of thioether (sulfide) groups is 1. The van der Waals surface area contributed by atoms with Crippen LogP contribution in [-0.4, -0.2) is 6.26 Å². The molecule has 0 radical (unpaired) electrons. The van der Waals surface area contributed by atoms with Crippen LogP contribution >= 0.6 is 27.7 Å². The fraction of sp³-hybridized carbons (Fsp3) is 0.0769. The molecule has 2 rings (SSSR count). The van der Waals surface area contributed by atoms with Crippen LogP contribution in [0.4, 0.5) is 8.78 Å². The Bertz CT molecular complexity index is 538. The Kier molecular flexibility index (Phi) is 3.84. The molecule has 0 nitrogen and oxygen atoms in total. The highest BCUT2D eigenvalue weighted by Gasteiger charge is 2.09. The maximum atomic E-state index is 13.2. The van der Waals surface area contributed by atoms with Gasteiger partial charge in [-0.3, -0.25) is 0 Å². The number of benzene rings is 2. The van der Waals surface area contributed by atoms with E-state index in [2.05, 4.69) is 15.9 Å². The third kappa shape index (κ3) is 2.69. The fourth-order valence-electron chi connectivity index (χ4n) is 1.51. The lowest BCUT2D eigenvalue weighted by Gasteiger charge is -2.06. The van der Waals surface area contributed by atoms with Crippen molar-refractivity contribution in [3.63, 3.8) is 0 Å². The van der Waals surface area contributed by atoms with E-state index in [1.807, 2.05) is 30.5 Å². The van der Waals surface area contributed by atoms with Crippen LogP contribution < -0.4 is 0 Å². The first-order valence-electron chi connectivity index (χ1n) is 4.91. The zero-order chi connectivity index (χ0) is 12.4. The molecular formula is C13H9BrF2S. The quantitative estimate of drug-likeness (QED) is 0.548. The maximum absolute atomic E-state index is 13.2. The number of hydrogen-bond donors (Lipinski definition) is 0. The van der Waals surface area contributed by atoms with Gasteiger partial charge in [0.15, 0.2) is 11.6 Å². The van der Waals surface area contributed by atoms with E-state index in [9.17, 15) is 8.78 Å². The molecule has 2 aromatic carbocycles. The summed E-state index contributed by atoms with van der Waals surface area (Å²) >= 11 is 4.88. The van der Waals surface area contributed by atoms with Gasteiger partial charge in [0.05, 0.1) is 0 Å². The van der Waals surface area contributed by atoms with Crippen LogP contribution in [0, 0.1) is 11.6 Å². The van der Waals surface area contributed by atoms with Gasteiger partial charge in [0.25, 0.3) is 0 Å². The monoisotopic (exact) mass is 314 g/mol. The molecule has 0 bridgehead atoms. The second-order valence-corrected chi connectivity index (χ2v) is 5.21. The molecule has 0 N–H and O–H groups in total. The number of rotatable bonds is 2. The molecule has 0 heterocycles. The Morgan fingerprint density at radius 1 is 1.00 bits per heavy atom. The van der Waals surface area contributed by atoms with E-state index in [1.165, 1.54) is 6.07 Å². The Labute approximate surface area is 111 Å². The van der Waals surface area contributed by atoms with Crippen molar-refractivity contribution in [2.45, 2.75) is 4.90 Å². The van der Waals surface area contributed by atoms with Crippen LogP contribution in [0.1, 0.15) is 0 Å². The van der Waals surface area contributed by atoms with E-state index in [0.717, 1.165) is 16.5 Å². The van der Waals surface area contributed by atoms with Crippen molar-refractivity contribution in [2.75, 3.05) is 6.26 Å². The first kappa shape index (κ1) is 12.6. The normalized spacial score (nSPS) is 10.6. The first-order valence-corrected chi connectivity index (χ1v) is 6.92. The predicted octanol–water partition coefficient (Wildman–Crippen LogP) is 5.12. The molecule has 0 unspecified atom stereocenters. The van der Waals surface area contributed by atoms with Gasteiger partial charge in [-0.25, -0.2) is 8.78 Å². The summed E-state index contributed by atoms with van der Waals surface area (Å²) < 4.78 is 26.7. The van der Waals surface area contributed by atoms with Gasteiger partial charge in [-0.05, 0) is 41.6 Å². The highest BCUT2D eigenvalue weighted by Crippen LogP contribution is 2.31. The highest BCUT2D eigenvalue weighted by atomic mass is 79.9. The summed E-state index contributed by atoms with van der Waals surface area (Å²) in [6.45, 7) is 0. The van der Waals surface area contributed by atoms with Gasteiger partial charge in [-0.2, -0.15) is 0 Å². The average molecular weight is 315 g/mol. The van der Waals surface area contributed by atoms with E-state index < -0.39 is 11.6 Å². The van der Waals surface area contributed by atoms with E-state index >= 15 is 0 Å². The van der Waals surface area contributed by atoms with Gasteiger partial charge in [0.1, 0.15) is 0 Å². The van der Waals surface area contributed by atoms with Crippen LogP contribution in [0.15, 0.2) is 45.8 Å². The van der Waals surface area contributed by atoms with Gasteiger partial charge in [-0.1, -0.05) is 28.1 Å². The summed E-state index contributed by atoms with van der Waals surface area (Å²) in [5.41, 5.74) is 1.50. The minimum atomic E-state index is -0.846. The summed E-state index contributed by atoms with van der Waals surface area (Å²) in [6.07, 6.45) is 1.99. The molecule has 0 amide bonds. The summed E-state index contributed by atoms with van der Waals surface area (Å²) in [5.74, 6) is -1.68. The minimum absolute atomic E-state index is 0.549. The second-order valence-electron chi connectivity index (χ2n) is 3.47. The van der Waals surface area contributed by atoms with Crippen molar-refractivity contribution in [1.82, 2.24) is 0 Å². The molecule has 0 saturated carbocycles. The number of halogens is 3. The summed E-state index contributed by atoms with van der Waals surface area (Å²) in [4.78, 5) is 1.13. The number of hydrogen-bond acceptors (Lipinski definition) is 1. The predicted molar refractivity (Wildman–Crippen MR) is 71.3 cm³/mol. The van der Waals surface area contributed by atoms with Crippen LogP contribution in [0.5, 0.6) is 0 Å². The third-order valence-corrected chi connectivity index (χ3v) is 3.81. The van der Waals surface area contributed by atoms with Gasteiger partial charge >= 0.3 is 0 Å². The van der Waals surface area contributed by atoms with E-state index in [-0.39, 0.29) is 0 Å². The van der Waals surface area contributed by atoms with Crippen LogP contribution in [0.25, 0.3) is 11.1 Å². The van der Waals surface area contributed by atoms with Crippen molar-refractivity contribution < 1.29 is 8.78 Å². The van der Waals surface area contributed by atoms with Gasteiger partial charge < -0.3 is 0 Å². The fourth-order valence-corrected chi connectivity index (χ4v) is 2.47. The summed E-state index contributed by atoms with van der Waals surface area (Å²) in [5, 5.41) is 0. The largest absolute Gasteiger partial charge is 0.204 e. The minimum Gasteiger partial charge on any atom is -0.204 e. The molecule has 0 fully saturated rings. The van der Waals surface area contributed by atoms with Crippen molar-refractivity contribution in [3.05, 3.63) is 52.5 Å². The van der Waals surface area contributed by atoms with E-state index in [0.29, 0.717) is 10.0 Å². The van der Waals surface area contributed by atoms with Gasteiger partial charge in [0.2, 0.25) is 0 Å². The molecule has 88 valence electrons. The maximum Gasteiger partial charge on any atom is 0.159 e. The van der Waals surface area contributed by atoms with E-state index in [1.54, 1.807) is 11.8 Å². The molecule has 0 aromatic heterocycles. The van der Waals surface area contributed by atoms with Crippen molar-refractivity contribution in [3.8, 4) is 11.1 Å². The Balaban J connectivity index is 2.48. The van der Waals surface area contributed by atoms with Crippen LogP contribution in [-0.2, 0) is 0 Å².